The molecule has 21 heavy (non-hydrogen) atoms. The zero-order valence-corrected chi connectivity index (χ0v) is 12.7. The molecular weight excluding hydrogens is 266 g/mol. The van der Waals surface area contributed by atoms with Crippen LogP contribution in [-0.2, 0) is 4.79 Å². The summed E-state index contributed by atoms with van der Waals surface area (Å²) in [5.74, 6) is -0.992. The molecule has 110 valence electrons. The van der Waals surface area contributed by atoms with Gasteiger partial charge < -0.3 is 10.1 Å². The molecule has 1 heterocycles. The van der Waals surface area contributed by atoms with Crippen LogP contribution in [0.2, 0.25) is 0 Å². The zero-order valence-electron chi connectivity index (χ0n) is 12.7. The maximum atomic E-state index is 11.7. The molecule has 0 spiro atoms. The number of aliphatic carboxylic acids is 1. The second-order valence-electron chi connectivity index (χ2n) is 6.14. The number of nitrogens with one attached hydrogen (secondary N) is 1. The van der Waals surface area contributed by atoms with Gasteiger partial charge in [-0.2, -0.15) is 0 Å². The molecule has 0 atom stereocenters. The quantitative estimate of drug-likeness (QED) is 0.664. The molecule has 0 saturated carbocycles. The van der Waals surface area contributed by atoms with E-state index in [0.717, 1.165) is 16.5 Å². The Labute approximate surface area is 123 Å². The zero-order chi connectivity index (χ0) is 15.8. The van der Waals surface area contributed by atoms with Gasteiger partial charge in [0.15, 0.2) is 5.78 Å². The van der Waals surface area contributed by atoms with Gasteiger partial charge in [0.25, 0.3) is 0 Å². The normalized spacial score (nSPS) is 12.7. The van der Waals surface area contributed by atoms with Crippen LogP contribution in [0.4, 0.5) is 0 Å². The molecule has 2 rings (SSSR count). The predicted molar refractivity (Wildman–Crippen MR) is 83.4 cm³/mol. The highest BCUT2D eigenvalue weighted by Crippen LogP contribution is 2.31. The molecule has 0 unspecified atom stereocenters. The first-order valence-corrected chi connectivity index (χ1v) is 6.78. The van der Waals surface area contributed by atoms with Crippen LogP contribution in [0.3, 0.4) is 0 Å². The fourth-order valence-corrected chi connectivity index (χ4v) is 2.37. The number of Topliss-reactive ketones (excluding diaryl/α,β-unsaturated/α-hetero) is 1. The minimum Gasteiger partial charge on any atom is -0.478 e. The van der Waals surface area contributed by atoms with Crippen LogP contribution in [0.5, 0.6) is 0 Å². The van der Waals surface area contributed by atoms with E-state index in [1.807, 2.05) is 39.0 Å². The van der Waals surface area contributed by atoms with E-state index in [1.165, 1.54) is 6.92 Å². The molecule has 0 aliphatic heterocycles. The molecule has 1 aromatic carbocycles. The number of rotatable bonds is 3. The smallest absolute Gasteiger partial charge is 0.332 e. The highest BCUT2D eigenvalue weighted by atomic mass is 16.4. The fourth-order valence-electron chi connectivity index (χ4n) is 2.37. The second-order valence-corrected chi connectivity index (χ2v) is 6.14. The highest BCUT2D eigenvalue weighted by molar-refractivity contribution is 6.10. The largest absolute Gasteiger partial charge is 0.478 e. The number of fused-ring (bicyclic) bond motifs is 1. The Morgan fingerprint density at radius 3 is 2.43 bits per heavy atom. The number of benzene rings is 1. The number of aromatic nitrogens is 1. The predicted octanol–water partition coefficient (Wildman–Crippen LogP) is 3.88. The van der Waals surface area contributed by atoms with Crippen LogP contribution in [0.15, 0.2) is 30.0 Å². The highest BCUT2D eigenvalue weighted by Gasteiger charge is 2.24. The first kappa shape index (κ1) is 15.0. The number of aromatic amines is 1. The van der Waals surface area contributed by atoms with Gasteiger partial charge in [-0.15, -0.1) is 0 Å². The van der Waals surface area contributed by atoms with E-state index >= 15 is 0 Å². The molecule has 0 bridgehead atoms. The van der Waals surface area contributed by atoms with Gasteiger partial charge >= 0.3 is 5.97 Å². The first-order valence-electron chi connectivity index (χ1n) is 6.78. The van der Waals surface area contributed by atoms with Crippen LogP contribution in [0, 0.1) is 5.41 Å². The van der Waals surface area contributed by atoms with E-state index < -0.39 is 11.4 Å². The molecule has 2 aromatic rings. The van der Waals surface area contributed by atoms with Crippen LogP contribution < -0.4 is 0 Å². The Morgan fingerprint density at radius 1 is 1.24 bits per heavy atom. The first-order chi connectivity index (χ1) is 9.71. The maximum Gasteiger partial charge on any atom is 0.332 e. The van der Waals surface area contributed by atoms with Crippen LogP contribution in [0.1, 0.15) is 43.6 Å². The van der Waals surface area contributed by atoms with Crippen molar-refractivity contribution in [1.82, 2.24) is 4.98 Å². The lowest BCUT2D eigenvalue weighted by molar-refractivity contribution is -0.133. The number of carbonyl (C=O) groups is 2. The number of carboxylic acid groups (broad SMARTS) is 1. The van der Waals surface area contributed by atoms with Gasteiger partial charge in [0, 0.05) is 28.2 Å². The van der Waals surface area contributed by atoms with Crippen molar-refractivity contribution in [2.24, 2.45) is 5.41 Å². The van der Waals surface area contributed by atoms with Crippen molar-refractivity contribution in [3.05, 3.63) is 41.1 Å². The Hall–Kier alpha value is -2.36. The van der Waals surface area contributed by atoms with E-state index in [2.05, 4.69) is 4.98 Å². The Balaban J connectivity index is 2.74. The van der Waals surface area contributed by atoms with Crippen molar-refractivity contribution >= 4 is 28.7 Å². The summed E-state index contributed by atoms with van der Waals surface area (Å²) in [5.41, 5.74) is 1.97. The fraction of sp³-hybridized carbons (Fsp3) is 0.294. The lowest BCUT2D eigenvalue weighted by Crippen LogP contribution is -2.17. The van der Waals surface area contributed by atoms with Gasteiger partial charge in [0.2, 0.25) is 0 Å². The van der Waals surface area contributed by atoms with Crippen molar-refractivity contribution in [2.45, 2.75) is 27.7 Å². The van der Waals surface area contributed by atoms with Crippen LogP contribution in [-0.4, -0.2) is 21.8 Å². The van der Waals surface area contributed by atoms with Gasteiger partial charge in [0.05, 0.1) is 0 Å². The number of hydrogen-bond acceptors (Lipinski definition) is 2. The van der Waals surface area contributed by atoms with Gasteiger partial charge in [0.1, 0.15) is 0 Å². The number of ketones is 1. The van der Waals surface area contributed by atoms with E-state index in [-0.39, 0.29) is 5.78 Å². The van der Waals surface area contributed by atoms with Crippen LogP contribution in [0.25, 0.3) is 17.0 Å². The lowest BCUT2D eigenvalue weighted by Gasteiger charge is -2.19. The van der Waals surface area contributed by atoms with Crippen LogP contribution >= 0.6 is 0 Å². The molecule has 0 aliphatic carbocycles. The van der Waals surface area contributed by atoms with E-state index in [0.29, 0.717) is 11.1 Å². The van der Waals surface area contributed by atoms with Crippen molar-refractivity contribution in [1.29, 1.82) is 0 Å². The number of carboxylic acids is 1. The molecular formula is C17H19NO3. The third kappa shape index (κ3) is 2.89. The molecule has 1 aromatic heterocycles. The summed E-state index contributed by atoms with van der Waals surface area (Å²) >= 11 is 0. The van der Waals surface area contributed by atoms with E-state index in [4.69, 9.17) is 0 Å². The summed E-state index contributed by atoms with van der Waals surface area (Å²) in [6.45, 7) is 7.08. The average Bonchev–Trinajstić information content (AvgIpc) is 2.78. The van der Waals surface area contributed by atoms with Gasteiger partial charge in [-0.3, -0.25) is 4.79 Å². The summed E-state index contributed by atoms with van der Waals surface area (Å²) < 4.78 is 0. The topological polar surface area (TPSA) is 70.2 Å². The average molecular weight is 285 g/mol. The monoisotopic (exact) mass is 285 g/mol. The van der Waals surface area contributed by atoms with E-state index in [9.17, 15) is 14.7 Å². The maximum absolute atomic E-state index is 11.7. The Morgan fingerprint density at radius 2 is 1.90 bits per heavy atom. The SMILES string of the molecule is CC(=O)c1c[nH]c2cccc(/C=C(/C(=O)O)C(C)(C)C)c12. The summed E-state index contributed by atoms with van der Waals surface area (Å²) in [4.78, 5) is 26.3. The lowest BCUT2D eigenvalue weighted by atomic mass is 9.85. The molecule has 0 amide bonds. The van der Waals surface area contributed by atoms with Crippen molar-refractivity contribution < 1.29 is 14.7 Å². The number of carbonyl (C=O) groups excluding carboxylic acids is 1. The summed E-state index contributed by atoms with van der Waals surface area (Å²) in [7, 11) is 0. The van der Waals surface area contributed by atoms with Crippen molar-refractivity contribution in [3.8, 4) is 0 Å². The van der Waals surface area contributed by atoms with Crippen molar-refractivity contribution in [2.75, 3.05) is 0 Å². The Kier molecular flexibility index (Phi) is 3.73. The number of hydrogen-bond donors (Lipinski definition) is 2. The van der Waals surface area contributed by atoms with E-state index in [1.54, 1.807) is 12.3 Å². The standard InChI is InChI=1S/C17H19NO3/c1-10(19)12-9-18-14-7-5-6-11(15(12)14)8-13(16(20)21)17(2,3)4/h5-9,18H,1-4H3,(H,20,21)/b13-8-. The second kappa shape index (κ2) is 5.20. The third-order valence-electron chi connectivity index (χ3n) is 3.46. The molecule has 2 N–H and O–H groups in total. The summed E-state index contributed by atoms with van der Waals surface area (Å²) in [5, 5.41) is 10.2. The van der Waals surface area contributed by atoms with Gasteiger partial charge in [-0.25, -0.2) is 4.79 Å². The molecule has 0 fully saturated rings. The summed E-state index contributed by atoms with van der Waals surface area (Å²) in [6, 6.07) is 5.55. The van der Waals surface area contributed by atoms with Gasteiger partial charge in [-0.1, -0.05) is 32.9 Å². The molecule has 4 heteroatoms. The minimum absolute atomic E-state index is 0.0465. The molecule has 0 radical (unpaired) electrons. The Bertz CT molecular complexity index is 745. The molecule has 0 aliphatic rings. The number of H-pyrrole nitrogens is 1. The third-order valence-corrected chi connectivity index (χ3v) is 3.46. The molecule has 0 saturated heterocycles. The van der Waals surface area contributed by atoms with Crippen molar-refractivity contribution in [3.63, 3.8) is 0 Å². The molecule has 4 nitrogen and oxygen atoms in total. The van der Waals surface area contributed by atoms with Gasteiger partial charge in [-0.05, 0) is 30.0 Å². The summed E-state index contributed by atoms with van der Waals surface area (Å²) in [6.07, 6.45) is 3.33. The minimum atomic E-state index is -0.945.